The second-order valence-electron chi connectivity index (χ2n) is 8.90. The Morgan fingerprint density at radius 2 is 1.18 bits per heavy atom. The summed E-state index contributed by atoms with van der Waals surface area (Å²) in [5, 5.41) is 2.93. The first-order valence-corrected chi connectivity index (χ1v) is 15.4. The fraction of sp³-hybridized carbons (Fsp3) is 0.963. The predicted octanol–water partition coefficient (Wildman–Crippen LogP) is 9.71. The minimum atomic E-state index is -3.96. The molecule has 0 aromatic carbocycles. The van der Waals surface area contributed by atoms with Gasteiger partial charge in [-0.1, -0.05) is 94.9 Å². The van der Waals surface area contributed by atoms with E-state index in [0.717, 1.165) is 38.5 Å². The molecular weight excluding hydrogens is 462 g/mol. The Labute approximate surface area is 213 Å². The first kappa shape index (κ1) is 47.0. The van der Waals surface area contributed by atoms with E-state index in [0.29, 0.717) is 5.92 Å². The third kappa shape index (κ3) is 85.4. The van der Waals surface area contributed by atoms with Crippen LogP contribution in [0.1, 0.15) is 128 Å². The molecule has 1 aliphatic carbocycles. The molecule has 1 aliphatic rings. The highest BCUT2D eigenvalue weighted by molar-refractivity contribution is 7.99. The summed E-state index contributed by atoms with van der Waals surface area (Å²) in [6.45, 7) is 22.8. The third-order valence-corrected chi connectivity index (χ3v) is 4.71. The summed E-state index contributed by atoms with van der Waals surface area (Å²) < 4.78 is 55.5. The van der Waals surface area contributed by atoms with E-state index in [1.807, 2.05) is 14.0 Å². The lowest BCUT2D eigenvalue weighted by molar-refractivity contribution is -0.130. The van der Waals surface area contributed by atoms with E-state index in [9.17, 15) is 21.8 Å². The zero-order chi connectivity index (χ0) is 28.9. The molecule has 1 atom stereocenters. The van der Waals surface area contributed by atoms with E-state index in [4.69, 9.17) is 0 Å². The molecule has 2 nitrogen and oxygen atoms in total. The minimum absolute atomic E-state index is 0.634. The topological polar surface area (TPSA) is 29.1 Å². The standard InChI is InChI=1S/C6H11F.C5H12OS.C4H10.C3H5F3.C3H9N.2C3H8/c1-5-3-6(2,7)4-5;1-4-5-7(2,3)6;1-3-4-2;1-2-3(4,5)6;1-3-4-2;2*1-3-2/h5H,3-4H2,1-2H3;2,4-5H2,1,3H3;3-4H2,1-2H3;2H2,1H3;4H,3H2,1-2H3;2*3H2,1-2H3. The van der Waals surface area contributed by atoms with Gasteiger partial charge in [-0.15, -0.1) is 0 Å². The van der Waals surface area contributed by atoms with Gasteiger partial charge in [0.05, 0.1) is 0 Å². The maximum absolute atomic E-state index is 12.5. The second-order valence-corrected chi connectivity index (χ2v) is 11.7. The molecule has 1 unspecified atom stereocenters. The summed E-state index contributed by atoms with van der Waals surface area (Å²) in [6, 6.07) is 0. The lowest BCUT2D eigenvalue weighted by Crippen LogP contribution is -2.34. The molecule has 216 valence electrons. The zero-order valence-electron chi connectivity index (χ0n) is 25.2. The smallest absolute Gasteiger partial charge is 0.320 e. The Hall–Kier alpha value is -0.300. The van der Waals surface area contributed by atoms with Crippen LogP contribution in [-0.4, -0.2) is 47.5 Å². The van der Waals surface area contributed by atoms with Gasteiger partial charge in [0.1, 0.15) is 5.67 Å². The van der Waals surface area contributed by atoms with Gasteiger partial charge in [-0.05, 0) is 61.1 Å². The van der Waals surface area contributed by atoms with Crippen LogP contribution in [0.5, 0.6) is 0 Å². The fourth-order valence-corrected chi connectivity index (χ4v) is 2.69. The monoisotopic (exact) mass is 525 g/mol. The van der Waals surface area contributed by atoms with E-state index in [1.54, 1.807) is 13.2 Å². The van der Waals surface area contributed by atoms with Crippen molar-refractivity contribution in [3.63, 3.8) is 0 Å². The number of hydrogen-bond donors (Lipinski definition) is 1. The number of rotatable bonds is 4. The van der Waals surface area contributed by atoms with Crippen LogP contribution >= 0.6 is 0 Å². The molecule has 0 heterocycles. The van der Waals surface area contributed by atoms with Gasteiger partial charge in [-0.3, -0.25) is 4.21 Å². The Bertz CT molecular complexity index is 418. The van der Waals surface area contributed by atoms with Crippen molar-refractivity contribution in [2.24, 2.45) is 5.92 Å². The van der Waals surface area contributed by atoms with E-state index in [-0.39, 0.29) is 0 Å². The Balaban J connectivity index is -0.0000000692. The Kier molecular flexibility index (Phi) is 45.2. The van der Waals surface area contributed by atoms with Crippen molar-refractivity contribution in [3.8, 4) is 0 Å². The van der Waals surface area contributed by atoms with Crippen LogP contribution in [0, 0.1) is 5.92 Å². The summed E-state index contributed by atoms with van der Waals surface area (Å²) in [5.41, 5.74) is -0.806. The molecule has 1 saturated carbocycles. The van der Waals surface area contributed by atoms with Gasteiger partial charge in [0.25, 0.3) is 0 Å². The average molecular weight is 526 g/mol. The number of alkyl halides is 4. The van der Waals surface area contributed by atoms with E-state index >= 15 is 0 Å². The van der Waals surface area contributed by atoms with Gasteiger partial charge in [0.2, 0.25) is 0 Å². The van der Waals surface area contributed by atoms with Crippen LogP contribution in [0.3, 0.4) is 0 Å². The highest BCUT2D eigenvalue weighted by atomic mass is 32.2. The summed E-state index contributed by atoms with van der Waals surface area (Å²) in [6.07, 6.45) is 4.66. The van der Waals surface area contributed by atoms with Gasteiger partial charge in [-0.2, -0.15) is 13.2 Å². The van der Waals surface area contributed by atoms with Crippen LogP contribution < -0.4 is 5.32 Å². The molecule has 0 radical (unpaired) electrons. The lowest BCUT2D eigenvalue weighted by Gasteiger charge is -2.36. The van der Waals surface area contributed by atoms with Crippen molar-refractivity contribution in [2.45, 2.75) is 139 Å². The zero-order valence-corrected chi connectivity index (χ0v) is 26.0. The molecule has 0 aliphatic heterocycles. The molecule has 1 fully saturated rings. The molecule has 0 amide bonds. The molecule has 0 aromatic heterocycles. The van der Waals surface area contributed by atoms with Crippen molar-refractivity contribution < 1.29 is 21.8 Å². The Morgan fingerprint density at radius 1 is 0.912 bits per heavy atom. The molecular formula is C27H63F4NOS. The van der Waals surface area contributed by atoms with Crippen molar-refractivity contribution in [1.82, 2.24) is 5.32 Å². The van der Waals surface area contributed by atoms with Crippen molar-refractivity contribution in [1.29, 1.82) is 0 Å². The van der Waals surface area contributed by atoms with Gasteiger partial charge in [0, 0.05) is 18.4 Å². The van der Waals surface area contributed by atoms with Crippen LogP contribution in [0.15, 0.2) is 0 Å². The van der Waals surface area contributed by atoms with Gasteiger partial charge in [0.15, 0.2) is 0 Å². The number of unbranched alkanes of at least 4 members (excludes halogenated alkanes) is 1. The van der Waals surface area contributed by atoms with Gasteiger partial charge >= 0.3 is 6.18 Å². The SMILES string of the molecule is C=S(C)(=O)CCC.CC1CC(C)(F)C1.CCC.CCC.CCC(F)(F)F.CCCC.CCNC. The fourth-order valence-electron chi connectivity index (χ4n) is 1.83. The highest BCUT2D eigenvalue weighted by Gasteiger charge is 2.37. The molecule has 0 saturated heterocycles. The molecule has 34 heavy (non-hydrogen) atoms. The summed E-state index contributed by atoms with van der Waals surface area (Å²) in [4.78, 5) is 0. The second kappa shape index (κ2) is 32.7. The van der Waals surface area contributed by atoms with Crippen molar-refractivity contribution >= 4 is 15.4 Å². The largest absolute Gasteiger partial charge is 0.388 e. The number of hydrogen-bond acceptors (Lipinski definition) is 2. The number of nitrogens with one attached hydrogen (secondary N) is 1. The normalized spacial score (nSPS) is 19.3. The summed E-state index contributed by atoms with van der Waals surface area (Å²) in [5.74, 6) is 4.88. The Morgan fingerprint density at radius 3 is 1.18 bits per heavy atom. The summed E-state index contributed by atoms with van der Waals surface area (Å²) >= 11 is 0. The third-order valence-electron chi connectivity index (χ3n) is 3.44. The van der Waals surface area contributed by atoms with Crippen LogP contribution in [-0.2, 0) is 9.52 Å². The summed E-state index contributed by atoms with van der Waals surface area (Å²) in [7, 11) is 0.256. The van der Waals surface area contributed by atoms with E-state index in [1.165, 1.54) is 25.7 Å². The highest BCUT2D eigenvalue weighted by Crippen LogP contribution is 2.39. The van der Waals surface area contributed by atoms with Crippen molar-refractivity contribution in [2.75, 3.05) is 25.6 Å². The first-order chi connectivity index (χ1) is 15.4. The number of halogens is 4. The molecule has 1 N–H and O–H groups in total. The first-order valence-electron chi connectivity index (χ1n) is 13.1. The van der Waals surface area contributed by atoms with E-state index in [2.05, 4.69) is 66.6 Å². The van der Waals surface area contributed by atoms with Crippen molar-refractivity contribution in [3.05, 3.63) is 0 Å². The minimum Gasteiger partial charge on any atom is -0.320 e. The molecule has 0 aromatic rings. The maximum atomic E-state index is 12.5. The molecule has 1 rings (SSSR count). The van der Waals surface area contributed by atoms with Crippen LogP contribution in [0.2, 0.25) is 0 Å². The van der Waals surface area contributed by atoms with E-state index < -0.39 is 27.8 Å². The maximum Gasteiger partial charge on any atom is 0.388 e. The molecule has 0 bridgehead atoms. The van der Waals surface area contributed by atoms with Gasteiger partial charge < -0.3 is 5.32 Å². The average Bonchev–Trinajstić information content (AvgIpc) is 2.68. The van der Waals surface area contributed by atoms with Gasteiger partial charge in [-0.25, -0.2) is 4.39 Å². The predicted molar refractivity (Wildman–Crippen MR) is 153 cm³/mol. The molecule has 0 spiro atoms. The quantitative estimate of drug-likeness (QED) is 0.292. The van der Waals surface area contributed by atoms with Crippen LogP contribution in [0.25, 0.3) is 0 Å². The van der Waals surface area contributed by atoms with Crippen LogP contribution in [0.4, 0.5) is 17.6 Å². The molecule has 7 heteroatoms. The lowest BCUT2D eigenvalue weighted by atomic mass is 9.75.